The summed E-state index contributed by atoms with van der Waals surface area (Å²) in [5.74, 6) is -1.16. The minimum Gasteiger partial charge on any atom is -0.452 e. The second-order valence-electron chi connectivity index (χ2n) is 5.36. The molecule has 0 fully saturated rings. The maximum atomic E-state index is 12.1. The molecule has 9 heteroatoms. The first kappa shape index (κ1) is 18.2. The van der Waals surface area contributed by atoms with Gasteiger partial charge in [0, 0.05) is 11.6 Å². The fourth-order valence-electron chi connectivity index (χ4n) is 2.33. The van der Waals surface area contributed by atoms with Crippen LogP contribution in [0.15, 0.2) is 36.4 Å². The van der Waals surface area contributed by atoms with E-state index in [2.05, 4.69) is 15.6 Å². The summed E-state index contributed by atoms with van der Waals surface area (Å²) in [6.07, 6.45) is 0. The van der Waals surface area contributed by atoms with Crippen molar-refractivity contribution in [3.05, 3.63) is 52.0 Å². The van der Waals surface area contributed by atoms with Crippen molar-refractivity contribution in [1.29, 1.82) is 0 Å². The summed E-state index contributed by atoms with van der Waals surface area (Å²) in [7, 11) is 0. The molecule has 26 heavy (non-hydrogen) atoms. The highest BCUT2D eigenvalue weighted by Gasteiger charge is 2.14. The molecular weight excluding hydrogens is 379 g/mol. The molecule has 0 aliphatic rings. The maximum absolute atomic E-state index is 12.1. The minimum absolute atomic E-state index is 0.286. The average Bonchev–Trinajstić information content (AvgIpc) is 3.05. The number of benzene rings is 2. The molecule has 1 amide bonds. The number of hydrogen-bond donors (Lipinski definition) is 1. The van der Waals surface area contributed by atoms with Crippen molar-refractivity contribution >= 4 is 51.8 Å². The molecule has 2 aromatic carbocycles. The Morgan fingerprint density at radius 3 is 2.77 bits per heavy atom. The molecule has 0 aliphatic carbocycles. The van der Waals surface area contributed by atoms with Crippen LogP contribution in [0.25, 0.3) is 11.0 Å². The van der Waals surface area contributed by atoms with E-state index < -0.39 is 18.5 Å². The van der Waals surface area contributed by atoms with Crippen molar-refractivity contribution in [2.45, 2.75) is 13.5 Å². The molecule has 1 aromatic heterocycles. The van der Waals surface area contributed by atoms with E-state index >= 15 is 0 Å². The molecule has 0 radical (unpaired) electrons. The van der Waals surface area contributed by atoms with E-state index in [4.69, 9.17) is 27.9 Å². The number of nitrogens with one attached hydrogen (secondary N) is 1. The van der Waals surface area contributed by atoms with Crippen LogP contribution in [0, 0.1) is 0 Å². The number of esters is 1. The zero-order chi connectivity index (χ0) is 18.7. The lowest BCUT2D eigenvalue weighted by molar-refractivity contribution is -0.119. The van der Waals surface area contributed by atoms with Gasteiger partial charge < -0.3 is 10.1 Å². The van der Waals surface area contributed by atoms with Crippen LogP contribution in [0.5, 0.6) is 0 Å². The van der Waals surface area contributed by atoms with Crippen LogP contribution in [0.1, 0.15) is 17.3 Å². The lowest BCUT2D eigenvalue weighted by atomic mass is 10.2. The maximum Gasteiger partial charge on any atom is 0.338 e. The van der Waals surface area contributed by atoms with E-state index in [0.29, 0.717) is 27.8 Å². The van der Waals surface area contributed by atoms with Gasteiger partial charge in [0.1, 0.15) is 5.52 Å². The van der Waals surface area contributed by atoms with Crippen LogP contribution >= 0.6 is 23.2 Å². The number of carbonyl (C=O) groups is 2. The smallest absolute Gasteiger partial charge is 0.338 e. The molecule has 0 atom stereocenters. The Morgan fingerprint density at radius 2 is 2.00 bits per heavy atom. The van der Waals surface area contributed by atoms with E-state index in [-0.39, 0.29) is 5.56 Å². The highest BCUT2D eigenvalue weighted by atomic mass is 35.5. The summed E-state index contributed by atoms with van der Waals surface area (Å²) < 4.78 is 6.75. The normalized spacial score (nSPS) is 10.7. The van der Waals surface area contributed by atoms with Crippen molar-refractivity contribution in [2.24, 2.45) is 0 Å². The van der Waals surface area contributed by atoms with Crippen LogP contribution in [-0.4, -0.2) is 33.5 Å². The Labute approximate surface area is 158 Å². The van der Waals surface area contributed by atoms with Crippen LogP contribution in [0.3, 0.4) is 0 Å². The Morgan fingerprint density at radius 1 is 1.19 bits per heavy atom. The van der Waals surface area contributed by atoms with Gasteiger partial charge in [0.2, 0.25) is 0 Å². The number of halogens is 2. The fourth-order valence-corrected chi connectivity index (χ4v) is 2.66. The van der Waals surface area contributed by atoms with E-state index in [9.17, 15) is 9.59 Å². The Balaban J connectivity index is 1.63. The minimum atomic E-state index is -0.634. The Hall–Kier alpha value is -2.64. The fraction of sp³-hybridized carbons (Fsp3) is 0.176. The second kappa shape index (κ2) is 7.72. The molecule has 3 rings (SSSR count). The molecule has 1 heterocycles. The predicted molar refractivity (Wildman–Crippen MR) is 98.6 cm³/mol. The highest BCUT2D eigenvalue weighted by molar-refractivity contribution is 6.35. The number of aryl methyl sites for hydroxylation is 1. The van der Waals surface area contributed by atoms with Gasteiger partial charge in [0.15, 0.2) is 6.61 Å². The van der Waals surface area contributed by atoms with Crippen LogP contribution in [0.4, 0.5) is 5.69 Å². The topological polar surface area (TPSA) is 86.1 Å². The molecule has 134 valence electrons. The summed E-state index contributed by atoms with van der Waals surface area (Å²) in [6, 6.07) is 9.58. The number of nitrogens with zero attached hydrogens (tertiary/aromatic N) is 3. The molecule has 3 aromatic rings. The summed E-state index contributed by atoms with van der Waals surface area (Å²) in [4.78, 5) is 24.1. The molecule has 1 N–H and O–H groups in total. The van der Waals surface area contributed by atoms with E-state index in [1.165, 1.54) is 6.07 Å². The summed E-state index contributed by atoms with van der Waals surface area (Å²) in [6.45, 7) is 2.16. The summed E-state index contributed by atoms with van der Waals surface area (Å²) in [5.41, 5.74) is 2.03. The Kier molecular flexibility index (Phi) is 5.39. The first-order chi connectivity index (χ1) is 12.5. The number of aromatic nitrogens is 3. The van der Waals surface area contributed by atoms with E-state index in [1.54, 1.807) is 35.0 Å². The molecular formula is C17H14Cl2N4O3. The standard InChI is InChI=1S/C17H14Cl2N4O3/c1-2-23-15-6-3-10(7-14(15)21-22-23)17(25)26-9-16(24)20-13-8-11(18)4-5-12(13)19/h3-8H,2,9H2,1H3,(H,20,24). The van der Waals surface area contributed by atoms with Crippen LogP contribution in [0.2, 0.25) is 10.0 Å². The molecule has 0 spiro atoms. The van der Waals surface area contributed by atoms with Gasteiger partial charge in [-0.1, -0.05) is 28.4 Å². The lowest BCUT2D eigenvalue weighted by Crippen LogP contribution is -2.21. The summed E-state index contributed by atoms with van der Waals surface area (Å²) in [5, 5.41) is 11.3. The molecule has 0 saturated carbocycles. The van der Waals surface area contributed by atoms with E-state index in [0.717, 1.165) is 5.52 Å². The van der Waals surface area contributed by atoms with Crippen molar-refractivity contribution in [2.75, 3.05) is 11.9 Å². The van der Waals surface area contributed by atoms with Gasteiger partial charge in [0.25, 0.3) is 5.91 Å². The summed E-state index contributed by atoms with van der Waals surface area (Å²) >= 11 is 11.8. The third-order valence-electron chi connectivity index (χ3n) is 3.59. The van der Waals surface area contributed by atoms with Crippen molar-refractivity contribution in [1.82, 2.24) is 15.0 Å². The van der Waals surface area contributed by atoms with Gasteiger partial charge in [-0.25, -0.2) is 9.48 Å². The van der Waals surface area contributed by atoms with Gasteiger partial charge >= 0.3 is 5.97 Å². The molecule has 0 unspecified atom stereocenters. The number of carbonyl (C=O) groups excluding carboxylic acids is 2. The molecule has 7 nitrogen and oxygen atoms in total. The second-order valence-corrected chi connectivity index (χ2v) is 6.20. The number of fused-ring (bicyclic) bond motifs is 1. The van der Waals surface area contributed by atoms with Crippen molar-refractivity contribution in [3.63, 3.8) is 0 Å². The third kappa shape index (κ3) is 3.95. The quantitative estimate of drug-likeness (QED) is 0.670. The number of rotatable bonds is 5. The molecule has 0 aliphatic heterocycles. The van der Waals surface area contributed by atoms with Gasteiger partial charge in [-0.05, 0) is 43.3 Å². The third-order valence-corrected chi connectivity index (χ3v) is 4.15. The highest BCUT2D eigenvalue weighted by Crippen LogP contribution is 2.25. The number of hydrogen-bond acceptors (Lipinski definition) is 5. The van der Waals surface area contributed by atoms with Crippen LogP contribution in [-0.2, 0) is 16.1 Å². The van der Waals surface area contributed by atoms with Crippen molar-refractivity contribution < 1.29 is 14.3 Å². The first-order valence-corrected chi connectivity index (χ1v) is 8.49. The number of amides is 1. The first-order valence-electron chi connectivity index (χ1n) is 7.73. The Bertz CT molecular complexity index is 987. The monoisotopic (exact) mass is 392 g/mol. The largest absolute Gasteiger partial charge is 0.452 e. The number of ether oxygens (including phenoxy) is 1. The number of anilines is 1. The average molecular weight is 393 g/mol. The van der Waals surface area contributed by atoms with Gasteiger partial charge in [-0.2, -0.15) is 0 Å². The predicted octanol–water partition coefficient (Wildman–Crippen LogP) is 3.55. The van der Waals surface area contributed by atoms with Gasteiger partial charge in [-0.3, -0.25) is 4.79 Å². The van der Waals surface area contributed by atoms with Gasteiger partial charge in [0.05, 0.1) is 21.8 Å². The zero-order valence-corrected chi connectivity index (χ0v) is 15.2. The SMILES string of the molecule is CCn1nnc2cc(C(=O)OCC(=O)Nc3cc(Cl)ccc3Cl)ccc21. The van der Waals surface area contributed by atoms with Gasteiger partial charge in [-0.15, -0.1) is 5.10 Å². The van der Waals surface area contributed by atoms with E-state index in [1.807, 2.05) is 6.92 Å². The molecule has 0 bridgehead atoms. The lowest BCUT2D eigenvalue weighted by Gasteiger charge is -2.08. The van der Waals surface area contributed by atoms with Crippen LogP contribution < -0.4 is 5.32 Å². The zero-order valence-electron chi connectivity index (χ0n) is 13.7. The molecule has 0 saturated heterocycles. The van der Waals surface area contributed by atoms with Crippen molar-refractivity contribution in [3.8, 4) is 0 Å².